The molecular weight excluding hydrogens is 394 g/mol. The largest absolute Gasteiger partial charge is 0.497 e. The number of rotatable bonds is 6. The predicted molar refractivity (Wildman–Crippen MR) is 119 cm³/mol. The van der Waals surface area contributed by atoms with E-state index in [0.717, 1.165) is 33.7 Å². The van der Waals surface area contributed by atoms with Gasteiger partial charge in [-0.25, -0.2) is 0 Å². The van der Waals surface area contributed by atoms with Crippen LogP contribution in [0.1, 0.15) is 11.1 Å². The number of anilines is 1. The van der Waals surface area contributed by atoms with Crippen LogP contribution in [0.3, 0.4) is 0 Å². The maximum Gasteiger partial charge on any atom is 0.253 e. The fourth-order valence-corrected chi connectivity index (χ4v) is 3.75. The summed E-state index contributed by atoms with van der Waals surface area (Å²) in [6, 6.07) is 19.6. The first-order valence-electron chi connectivity index (χ1n) is 9.99. The maximum atomic E-state index is 12.8. The van der Waals surface area contributed by atoms with Crippen molar-refractivity contribution in [1.82, 2.24) is 0 Å². The Morgan fingerprint density at radius 3 is 2.39 bits per heavy atom. The van der Waals surface area contributed by atoms with Gasteiger partial charge in [0, 0.05) is 11.3 Å². The number of methoxy groups -OCH3 is 3. The number of ether oxygens (including phenoxy) is 4. The first-order valence-corrected chi connectivity index (χ1v) is 9.99. The van der Waals surface area contributed by atoms with Gasteiger partial charge in [-0.15, -0.1) is 0 Å². The van der Waals surface area contributed by atoms with Crippen LogP contribution in [0, 0.1) is 0 Å². The number of carbonyl (C=O) groups is 1. The summed E-state index contributed by atoms with van der Waals surface area (Å²) in [5, 5.41) is 0. The fraction of sp³-hybridized carbons (Fsp3) is 0.240. The SMILES string of the molecule is COc1cccc(CN2C(=O)COCc3cc(-c4ccc(OC)c(OC)c4)ccc32)c1. The van der Waals surface area contributed by atoms with E-state index in [1.807, 2.05) is 54.6 Å². The molecule has 0 unspecified atom stereocenters. The minimum absolute atomic E-state index is 0.0460. The first-order chi connectivity index (χ1) is 15.1. The van der Waals surface area contributed by atoms with Crippen molar-refractivity contribution in [3.05, 3.63) is 71.8 Å². The van der Waals surface area contributed by atoms with Gasteiger partial charge in [0.15, 0.2) is 11.5 Å². The average Bonchev–Trinajstić information content (AvgIpc) is 2.96. The van der Waals surface area contributed by atoms with Crippen LogP contribution in [-0.4, -0.2) is 33.8 Å². The van der Waals surface area contributed by atoms with E-state index < -0.39 is 0 Å². The number of nitrogens with zero attached hydrogens (tertiary/aromatic N) is 1. The molecule has 0 saturated heterocycles. The monoisotopic (exact) mass is 419 g/mol. The molecular formula is C25H25NO5. The molecule has 1 heterocycles. The molecule has 0 fully saturated rings. The number of hydrogen-bond donors (Lipinski definition) is 0. The normalized spacial score (nSPS) is 13.4. The number of fused-ring (bicyclic) bond motifs is 1. The zero-order chi connectivity index (χ0) is 21.8. The summed E-state index contributed by atoms with van der Waals surface area (Å²) < 4.78 is 21.7. The summed E-state index contributed by atoms with van der Waals surface area (Å²) in [5.41, 5.74) is 4.81. The number of benzene rings is 3. The van der Waals surface area contributed by atoms with Crippen molar-refractivity contribution in [2.24, 2.45) is 0 Å². The molecule has 1 amide bonds. The van der Waals surface area contributed by atoms with E-state index in [-0.39, 0.29) is 12.5 Å². The smallest absolute Gasteiger partial charge is 0.253 e. The van der Waals surface area contributed by atoms with E-state index in [9.17, 15) is 4.79 Å². The van der Waals surface area contributed by atoms with Gasteiger partial charge in [0.05, 0.1) is 34.5 Å². The van der Waals surface area contributed by atoms with Gasteiger partial charge >= 0.3 is 0 Å². The number of hydrogen-bond acceptors (Lipinski definition) is 5. The zero-order valence-corrected chi connectivity index (χ0v) is 17.9. The van der Waals surface area contributed by atoms with Crippen molar-refractivity contribution in [1.29, 1.82) is 0 Å². The lowest BCUT2D eigenvalue weighted by Gasteiger charge is -2.23. The van der Waals surface area contributed by atoms with Gasteiger partial charge in [0.2, 0.25) is 0 Å². The lowest BCUT2D eigenvalue weighted by Crippen LogP contribution is -2.32. The zero-order valence-electron chi connectivity index (χ0n) is 17.9. The maximum absolute atomic E-state index is 12.8. The second-order valence-electron chi connectivity index (χ2n) is 7.24. The Labute approximate surface area is 181 Å². The summed E-state index contributed by atoms with van der Waals surface area (Å²) in [6.45, 7) is 0.864. The van der Waals surface area contributed by atoms with Crippen LogP contribution < -0.4 is 19.1 Å². The molecule has 1 aliphatic heterocycles. The second-order valence-corrected chi connectivity index (χ2v) is 7.24. The summed E-state index contributed by atoms with van der Waals surface area (Å²) in [6.07, 6.45) is 0. The third kappa shape index (κ3) is 4.34. The van der Waals surface area contributed by atoms with Crippen LogP contribution in [0.2, 0.25) is 0 Å². The van der Waals surface area contributed by atoms with Crippen LogP contribution in [0.5, 0.6) is 17.2 Å². The number of amides is 1. The standard InChI is InChI=1S/C25H25NO5/c1-28-21-6-4-5-17(11-21)14-26-22-9-7-18(12-20(22)15-31-16-25(26)27)19-8-10-23(29-2)24(13-19)30-3/h4-13H,14-16H2,1-3H3. The van der Waals surface area contributed by atoms with E-state index in [4.69, 9.17) is 18.9 Å². The fourth-order valence-electron chi connectivity index (χ4n) is 3.75. The van der Waals surface area contributed by atoms with Gasteiger partial charge in [-0.3, -0.25) is 4.79 Å². The molecule has 0 spiro atoms. The summed E-state index contributed by atoms with van der Waals surface area (Å²) in [5.74, 6) is 2.04. The molecule has 0 bridgehead atoms. The van der Waals surface area contributed by atoms with E-state index >= 15 is 0 Å². The molecule has 0 aromatic heterocycles. The lowest BCUT2D eigenvalue weighted by atomic mass is 10.0. The van der Waals surface area contributed by atoms with Crippen molar-refractivity contribution in [2.75, 3.05) is 32.8 Å². The Morgan fingerprint density at radius 2 is 1.61 bits per heavy atom. The van der Waals surface area contributed by atoms with Crippen molar-refractivity contribution in [3.8, 4) is 28.4 Å². The predicted octanol–water partition coefficient (Wildman–Crippen LogP) is 4.44. The van der Waals surface area contributed by atoms with Gasteiger partial charge in [-0.1, -0.05) is 24.3 Å². The number of carbonyl (C=O) groups excluding carboxylic acids is 1. The van der Waals surface area contributed by atoms with E-state index in [1.54, 1.807) is 26.2 Å². The average molecular weight is 419 g/mol. The Morgan fingerprint density at radius 1 is 0.839 bits per heavy atom. The third-order valence-corrected chi connectivity index (χ3v) is 5.35. The van der Waals surface area contributed by atoms with Crippen LogP contribution in [0.15, 0.2) is 60.7 Å². The molecule has 0 radical (unpaired) electrons. The minimum atomic E-state index is -0.0690. The van der Waals surface area contributed by atoms with Crippen LogP contribution >= 0.6 is 0 Å². The summed E-state index contributed by atoms with van der Waals surface area (Å²) >= 11 is 0. The Bertz CT molecular complexity index is 1100. The molecule has 1 aliphatic rings. The van der Waals surface area contributed by atoms with E-state index in [0.29, 0.717) is 24.7 Å². The molecule has 0 aliphatic carbocycles. The van der Waals surface area contributed by atoms with Gasteiger partial charge in [0.1, 0.15) is 12.4 Å². The molecule has 6 heteroatoms. The highest BCUT2D eigenvalue weighted by Gasteiger charge is 2.23. The second kappa shape index (κ2) is 9.10. The van der Waals surface area contributed by atoms with Crippen molar-refractivity contribution >= 4 is 11.6 Å². The molecule has 6 nitrogen and oxygen atoms in total. The molecule has 4 rings (SSSR count). The van der Waals surface area contributed by atoms with Gasteiger partial charge < -0.3 is 23.8 Å². The van der Waals surface area contributed by atoms with Gasteiger partial charge in [-0.05, 0) is 53.1 Å². The van der Waals surface area contributed by atoms with Crippen molar-refractivity contribution < 1.29 is 23.7 Å². The highest BCUT2D eigenvalue weighted by atomic mass is 16.5. The van der Waals surface area contributed by atoms with Crippen molar-refractivity contribution in [2.45, 2.75) is 13.2 Å². The highest BCUT2D eigenvalue weighted by molar-refractivity contribution is 5.96. The molecule has 0 atom stereocenters. The summed E-state index contributed by atoms with van der Waals surface area (Å²) in [4.78, 5) is 14.6. The molecule has 3 aromatic rings. The van der Waals surface area contributed by atoms with E-state index in [1.165, 1.54) is 0 Å². The Hall–Kier alpha value is -3.51. The minimum Gasteiger partial charge on any atom is -0.497 e. The Kier molecular flexibility index (Phi) is 6.09. The summed E-state index contributed by atoms with van der Waals surface area (Å²) in [7, 11) is 4.87. The van der Waals surface area contributed by atoms with Crippen molar-refractivity contribution in [3.63, 3.8) is 0 Å². The van der Waals surface area contributed by atoms with Gasteiger partial charge in [-0.2, -0.15) is 0 Å². The Balaban J connectivity index is 1.69. The van der Waals surface area contributed by atoms with Crippen LogP contribution in [0.25, 0.3) is 11.1 Å². The third-order valence-electron chi connectivity index (χ3n) is 5.35. The molecule has 31 heavy (non-hydrogen) atoms. The molecule has 3 aromatic carbocycles. The van der Waals surface area contributed by atoms with Crippen LogP contribution in [0.4, 0.5) is 5.69 Å². The topological polar surface area (TPSA) is 57.2 Å². The quantitative estimate of drug-likeness (QED) is 0.591. The lowest BCUT2D eigenvalue weighted by molar-refractivity contribution is -0.123. The first kappa shape index (κ1) is 20.8. The molecule has 0 N–H and O–H groups in total. The highest BCUT2D eigenvalue weighted by Crippen LogP contribution is 2.35. The van der Waals surface area contributed by atoms with Gasteiger partial charge in [0.25, 0.3) is 5.91 Å². The van der Waals surface area contributed by atoms with E-state index in [2.05, 4.69) is 6.07 Å². The molecule has 0 saturated carbocycles. The molecule has 160 valence electrons. The van der Waals surface area contributed by atoms with Crippen LogP contribution in [-0.2, 0) is 22.7 Å².